The normalized spacial score (nSPS) is 11.6. The first kappa shape index (κ1) is 13.0. The van der Waals surface area contributed by atoms with Crippen molar-refractivity contribution in [2.75, 3.05) is 6.61 Å². The van der Waals surface area contributed by atoms with Crippen LogP contribution in [0.2, 0.25) is 0 Å². The Balaban J connectivity index is 2.68. The number of rotatable bonds is 6. The van der Waals surface area contributed by atoms with E-state index in [1.54, 1.807) is 12.1 Å². The van der Waals surface area contributed by atoms with Gasteiger partial charge in [0.05, 0.1) is 6.61 Å². The average Bonchev–Trinajstić information content (AvgIpc) is 2.25. The summed E-state index contributed by atoms with van der Waals surface area (Å²) in [6.45, 7) is 2.18. The van der Waals surface area contributed by atoms with Gasteiger partial charge in [0.15, 0.2) is 0 Å². The molecule has 0 atom stereocenters. The van der Waals surface area contributed by atoms with Gasteiger partial charge in [-0.15, -0.1) is 0 Å². The topological polar surface area (TPSA) is 63.6 Å². The summed E-state index contributed by atoms with van der Waals surface area (Å²) in [6, 6.07) is 5.75. The van der Waals surface area contributed by atoms with Gasteiger partial charge in [0.1, 0.15) is 10.6 Å². The molecule has 0 heterocycles. The van der Waals surface area contributed by atoms with Crippen LogP contribution in [0.4, 0.5) is 0 Å². The van der Waals surface area contributed by atoms with Gasteiger partial charge in [0, 0.05) is 0 Å². The maximum absolute atomic E-state index is 11.6. The van der Waals surface area contributed by atoms with E-state index in [0.717, 1.165) is 12.8 Å². The van der Waals surface area contributed by atoms with Crippen LogP contribution in [-0.4, -0.2) is 20.1 Å². The van der Waals surface area contributed by atoms with E-state index < -0.39 is 10.1 Å². The van der Waals surface area contributed by atoms with Crippen LogP contribution in [0, 0.1) is 0 Å². The van der Waals surface area contributed by atoms with E-state index in [1.807, 2.05) is 6.92 Å². The minimum absolute atomic E-state index is 0.157. The molecule has 1 aromatic carbocycles. The number of phenolic OH excluding ortho intramolecular Hbond substituents is 1. The molecule has 0 bridgehead atoms. The fourth-order valence-corrected chi connectivity index (χ4v) is 2.29. The van der Waals surface area contributed by atoms with Crippen molar-refractivity contribution in [1.29, 1.82) is 0 Å². The van der Waals surface area contributed by atoms with Gasteiger partial charge in [-0.2, -0.15) is 8.42 Å². The van der Waals surface area contributed by atoms with Gasteiger partial charge >= 0.3 is 10.1 Å². The van der Waals surface area contributed by atoms with Crippen LogP contribution in [0.1, 0.15) is 26.2 Å². The summed E-state index contributed by atoms with van der Waals surface area (Å²) in [5.41, 5.74) is 0. The summed E-state index contributed by atoms with van der Waals surface area (Å²) < 4.78 is 28.1. The first-order chi connectivity index (χ1) is 7.58. The molecule has 90 valence electrons. The number of benzene rings is 1. The molecule has 4 nitrogen and oxygen atoms in total. The molecular weight excluding hydrogens is 228 g/mol. The predicted molar refractivity (Wildman–Crippen MR) is 60.8 cm³/mol. The van der Waals surface area contributed by atoms with Crippen molar-refractivity contribution < 1.29 is 17.7 Å². The van der Waals surface area contributed by atoms with E-state index in [-0.39, 0.29) is 17.3 Å². The SMILES string of the molecule is CCCCCOS(=O)(=O)c1ccccc1O. The Labute approximate surface area is 96.0 Å². The largest absolute Gasteiger partial charge is 0.506 e. The lowest BCUT2D eigenvalue weighted by atomic mass is 10.3. The standard InChI is InChI=1S/C11H16O4S/c1-2-3-6-9-15-16(13,14)11-8-5-4-7-10(11)12/h4-5,7-8,12H,2-3,6,9H2,1H3. The highest BCUT2D eigenvalue weighted by molar-refractivity contribution is 7.86. The van der Waals surface area contributed by atoms with E-state index in [4.69, 9.17) is 4.18 Å². The zero-order chi connectivity index (χ0) is 12.0. The van der Waals surface area contributed by atoms with E-state index in [2.05, 4.69) is 0 Å². The Morgan fingerprint density at radius 3 is 2.56 bits per heavy atom. The maximum atomic E-state index is 11.6. The lowest BCUT2D eigenvalue weighted by Gasteiger charge is -2.06. The quantitative estimate of drug-likeness (QED) is 0.616. The molecule has 1 rings (SSSR count). The third-order valence-corrected chi connectivity index (χ3v) is 3.48. The van der Waals surface area contributed by atoms with E-state index in [0.29, 0.717) is 6.42 Å². The van der Waals surface area contributed by atoms with Gasteiger partial charge in [-0.05, 0) is 18.6 Å². The van der Waals surface area contributed by atoms with Crippen LogP contribution in [-0.2, 0) is 14.3 Å². The number of aromatic hydroxyl groups is 1. The third kappa shape index (κ3) is 3.50. The number of para-hydroxylation sites is 1. The Kier molecular flexibility index (Phi) is 4.76. The molecule has 0 saturated carbocycles. The molecule has 0 saturated heterocycles. The van der Waals surface area contributed by atoms with E-state index in [1.165, 1.54) is 12.1 Å². The number of phenols is 1. The molecular formula is C11H16O4S. The number of hydrogen-bond acceptors (Lipinski definition) is 4. The molecule has 0 aliphatic rings. The van der Waals surface area contributed by atoms with Crippen LogP contribution in [0.5, 0.6) is 5.75 Å². The van der Waals surface area contributed by atoms with Gasteiger partial charge in [0.2, 0.25) is 0 Å². The van der Waals surface area contributed by atoms with Crippen LogP contribution < -0.4 is 0 Å². The fraction of sp³-hybridized carbons (Fsp3) is 0.455. The van der Waals surface area contributed by atoms with Gasteiger partial charge in [-0.3, -0.25) is 4.18 Å². The molecule has 1 N–H and O–H groups in total. The molecule has 0 aliphatic carbocycles. The monoisotopic (exact) mass is 244 g/mol. The second-order valence-electron chi connectivity index (χ2n) is 3.45. The van der Waals surface area contributed by atoms with Crippen molar-refractivity contribution in [3.8, 4) is 5.75 Å². The first-order valence-electron chi connectivity index (χ1n) is 5.25. The van der Waals surface area contributed by atoms with Crippen molar-refractivity contribution in [3.63, 3.8) is 0 Å². The Morgan fingerprint density at radius 2 is 1.94 bits per heavy atom. The average molecular weight is 244 g/mol. The van der Waals surface area contributed by atoms with Crippen molar-refractivity contribution in [3.05, 3.63) is 24.3 Å². The van der Waals surface area contributed by atoms with Crippen molar-refractivity contribution >= 4 is 10.1 Å². The highest BCUT2D eigenvalue weighted by Gasteiger charge is 2.18. The van der Waals surface area contributed by atoms with Crippen LogP contribution in [0.25, 0.3) is 0 Å². The predicted octanol–water partition coefficient (Wildman–Crippen LogP) is 2.29. The molecule has 0 radical (unpaired) electrons. The second-order valence-corrected chi connectivity index (χ2v) is 5.03. The lowest BCUT2D eigenvalue weighted by molar-refractivity contribution is 0.306. The highest BCUT2D eigenvalue weighted by Crippen LogP contribution is 2.23. The highest BCUT2D eigenvalue weighted by atomic mass is 32.2. The number of unbranched alkanes of at least 4 members (excludes halogenated alkanes) is 2. The minimum atomic E-state index is -3.82. The summed E-state index contributed by atoms with van der Waals surface area (Å²) in [5.74, 6) is -0.280. The summed E-state index contributed by atoms with van der Waals surface area (Å²) in [4.78, 5) is -0.175. The molecule has 0 spiro atoms. The fourth-order valence-electron chi connectivity index (χ4n) is 1.25. The summed E-state index contributed by atoms with van der Waals surface area (Å²) in [7, 11) is -3.82. The Hall–Kier alpha value is -1.07. The molecule has 1 aromatic rings. The molecule has 0 unspecified atom stereocenters. The molecule has 16 heavy (non-hydrogen) atoms. The van der Waals surface area contributed by atoms with Crippen molar-refractivity contribution in [2.24, 2.45) is 0 Å². The molecule has 5 heteroatoms. The number of hydrogen-bond donors (Lipinski definition) is 1. The third-order valence-electron chi connectivity index (χ3n) is 2.12. The zero-order valence-corrected chi connectivity index (χ0v) is 10.0. The Morgan fingerprint density at radius 1 is 1.25 bits per heavy atom. The van der Waals surface area contributed by atoms with Crippen molar-refractivity contribution in [2.45, 2.75) is 31.1 Å². The molecule has 0 aliphatic heterocycles. The van der Waals surface area contributed by atoms with Crippen LogP contribution in [0.15, 0.2) is 29.2 Å². The molecule has 0 fully saturated rings. The van der Waals surface area contributed by atoms with Gasteiger partial charge in [-0.1, -0.05) is 31.9 Å². The van der Waals surface area contributed by atoms with Gasteiger partial charge in [0.25, 0.3) is 0 Å². The van der Waals surface area contributed by atoms with Crippen LogP contribution in [0.3, 0.4) is 0 Å². The van der Waals surface area contributed by atoms with Gasteiger partial charge in [-0.25, -0.2) is 0 Å². The molecule has 0 amide bonds. The smallest absolute Gasteiger partial charge is 0.300 e. The summed E-state index contributed by atoms with van der Waals surface area (Å²) in [6.07, 6.45) is 2.62. The maximum Gasteiger partial charge on any atom is 0.300 e. The van der Waals surface area contributed by atoms with E-state index >= 15 is 0 Å². The minimum Gasteiger partial charge on any atom is -0.506 e. The second kappa shape index (κ2) is 5.86. The van der Waals surface area contributed by atoms with Crippen molar-refractivity contribution in [1.82, 2.24) is 0 Å². The summed E-state index contributed by atoms with van der Waals surface area (Å²) in [5, 5.41) is 9.39. The lowest BCUT2D eigenvalue weighted by Crippen LogP contribution is -2.07. The first-order valence-corrected chi connectivity index (χ1v) is 6.66. The van der Waals surface area contributed by atoms with Gasteiger partial charge < -0.3 is 5.11 Å². The Bertz CT molecular complexity index is 425. The summed E-state index contributed by atoms with van der Waals surface area (Å²) >= 11 is 0. The van der Waals surface area contributed by atoms with Crippen LogP contribution >= 0.6 is 0 Å². The zero-order valence-electron chi connectivity index (χ0n) is 9.22. The molecule has 0 aromatic heterocycles. The van der Waals surface area contributed by atoms with E-state index in [9.17, 15) is 13.5 Å².